The van der Waals surface area contributed by atoms with E-state index in [1.54, 1.807) is 0 Å². The fraction of sp³-hybridized carbons (Fsp3) is 0.0667. The lowest BCUT2D eigenvalue weighted by molar-refractivity contribution is -0.112. The minimum absolute atomic E-state index is 0.187. The van der Waals surface area contributed by atoms with E-state index in [2.05, 4.69) is 16.4 Å². The first-order chi connectivity index (χ1) is 9.22. The first-order valence-electron chi connectivity index (χ1n) is 6.02. The fourth-order valence-corrected chi connectivity index (χ4v) is 2.48. The number of fused-ring (bicyclic) bond motifs is 2. The lowest BCUT2D eigenvalue weighted by Gasteiger charge is -2.05. The molecule has 92 valence electrons. The van der Waals surface area contributed by atoms with Crippen LogP contribution in [-0.4, -0.2) is 10.9 Å². The molecule has 1 aromatic rings. The molecule has 19 heavy (non-hydrogen) atoms. The van der Waals surface area contributed by atoms with Crippen molar-refractivity contribution in [3.8, 4) is 0 Å². The van der Waals surface area contributed by atoms with Gasteiger partial charge in [-0.25, -0.2) is 4.98 Å². The van der Waals surface area contributed by atoms with Gasteiger partial charge in [-0.2, -0.15) is 4.39 Å². The second-order valence-corrected chi connectivity index (χ2v) is 4.72. The average molecular weight is 252 g/mol. The number of allylic oxidation sites excluding steroid dienone is 6. The molecule has 3 nitrogen and oxygen atoms in total. The Hall–Kier alpha value is -2.49. The number of nitrogens with one attached hydrogen (secondary N) is 1. The normalized spacial score (nSPS) is 18.5. The predicted octanol–water partition coefficient (Wildman–Crippen LogP) is 2.67. The summed E-state index contributed by atoms with van der Waals surface area (Å²) in [5.41, 5.74) is 6.03. The highest BCUT2D eigenvalue weighted by molar-refractivity contribution is 6.09. The Kier molecular flexibility index (Phi) is 1.93. The highest BCUT2D eigenvalue weighted by Crippen LogP contribution is 2.51. The van der Waals surface area contributed by atoms with E-state index >= 15 is 0 Å². The van der Waals surface area contributed by atoms with Gasteiger partial charge in [0.05, 0.1) is 11.9 Å². The second kappa shape index (κ2) is 3.51. The maximum atomic E-state index is 12.7. The molecule has 0 atom stereocenters. The van der Waals surface area contributed by atoms with Gasteiger partial charge in [0.15, 0.2) is 0 Å². The molecule has 0 unspecified atom stereocenters. The van der Waals surface area contributed by atoms with Crippen molar-refractivity contribution in [3.05, 3.63) is 70.4 Å². The van der Waals surface area contributed by atoms with Crippen LogP contribution in [0.4, 0.5) is 10.1 Å². The van der Waals surface area contributed by atoms with Crippen LogP contribution in [0.25, 0.3) is 0 Å². The van der Waals surface area contributed by atoms with Crippen molar-refractivity contribution < 1.29 is 9.18 Å². The van der Waals surface area contributed by atoms with Crippen LogP contribution in [-0.2, 0) is 4.79 Å². The molecule has 1 saturated carbocycles. The Morgan fingerprint density at radius 1 is 1.26 bits per heavy atom. The van der Waals surface area contributed by atoms with Crippen LogP contribution in [0.5, 0.6) is 0 Å². The van der Waals surface area contributed by atoms with Crippen molar-refractivity contribution >= 4 is 11.6 Å². The summed E-state index contributed by atoms with van der Waals surface area (Å²) in [5.74, 6) is -0.748. The van der Waals surface area contributed by atoms with Crippen molar-refractivity contribution in [2.75, 3.05) is 5.32 Å². The average Bonchev–Trinajstić information content (AvgIpc) is 2.89. The summed E-state index contributed by atoms with van der Waals surface area (Å²) in [6, 6.07) is 2.71. The van der Waals surface area contributed by atoms with Gasteiger partial charge in [-0.3, -0.25) is 4.79 Å². The Bertz CT molecular complexity index is 736. The number of nitrogens with zero attached hydrogens (tertiary/aromatic N) is 1. The van der Waals surface area contributed by atoms with E-state index in [-0.39, 0.29) is 5.91 Å². The first-order valence-corrected chi connectivity index (χ1v) is 6.02. The standard InChI is InChI=1S/C15H9FN2O/c16-14-4-1-9(7-17-14)18-15(19)11-3-2-10-12-5-8(12)6-13(10)11/h1-4,6-7H,5H2,(H,18,19). The minimum Gasteiger partial charge on any atom is -0.321 e. The number of pyridine rings is 1. The lowest BCUT2D eigenvalue weighted by Crippen LogP contribution is -2.14. The summed E-state index contributed by atoms with van der Waals surface area (Å²) < 4.78 is 12.7. The second-order valence-electron chi connectivity index (χ2n) is 4.72. The van der Waals surface area contributed by atoms with Gasteiger partial charge in [0.25, 0.3) is 5.91 Å². The molecule has 1 fully saturated rings. The van der Waals surface area contributed by atoms with E-state index in [9.17, 15) is 9.18 Å². The van der Waals surface area contributed by atoms with Crippen molar-refractivity contribution in [2.45, 2.75) is 6.42 Å². The van der Waals surface area contributed by atoms with Gasteiger partial charge in [-0.05, 0) is 53.0 Å². The van der Waals surface area contributed by atoms with E-state index in [4.69, 9.17) is 0 Å². The highest BCUT2D eigenvalue weighted by atomic mass is 19.1. The molecule has 1 heterocycles. The zero-order valence-corrected chi connectivity index (χ0v) is 9.90. The van der Waals surface area contributed by atoms with Crippen LogP contribution in [0.1, 0.15) is 6.42 Å². The summed E-state index contributed by atoms with van der Waals surface area (Å²) in [6.45, 7) is 0. The zero-order valence-electron chi connectivity index (χ0n) is 9.90. The van der Waals surface area contributed by atoms with E-state index in [1.165, 1.54) is 35.0 Å². The number of halogens is 1. The summed E-state index contributed by atoms with van der Waals surface area (Å²) in [6.07, 6.45) is 8.25. The largest absolute Gasteiger partial charge is 0.321 e. The Morgan fingerprint density at radius 2 is 2.16 bits per heavy atom. The number of carbonyl (C=O) groups is 1. The van der Waals surface area contributed by atoms with Crippen molar-refractivity contribution in [3.63, 3.8) is 0 Å². The van der Waals surface area contributed by atoms with Crippen LogP contribution in [0.2, 0.25) is 0 Å². The van der Waals surface area contributed by atoms with Gasteiger partial charge in [0.2, 0.25) is 5.95 Å². The maximum absolute atomic E-state index is 12.7. The third-order valence-electron chi connectivity index (χ3n) is 3.50. The lowest BCUT2D eigenvalue weighted by atomic mass is 10.1. The van der Waals surface area contributed by atoms with Crippen molar-refractivity contribution in [1.82, 2.24) is 4.98 Å². The molecule has 0 spiro atoms. The molecule has 3 aliphatic rings. The van der Waals surface area contributed by atoms with Crippen molar-refractivity contribution in [1.29, 1.82) is 0 Å². The number of amides is 1. The number of rotatable bonds is 2. The summed E-state index contributed by atoms with van der Waals surface area (Å²) >= 11 is 0. The minimum atomic E-state index is -0.562. The zero-order chi connectivity index (χ0) is 13.0. The number of carbonyl (C=O) groups excluding carboxylic acids is 1. The predicted molar refractivity (Wildman–Crippen MR) is 68.7 cm³/mol. The molecule has 3 aliphatic carbocycles. The third-order valence-corrected chi connectivity index (χ3v) is 3.50. The molecule has 4 rings (SSSR count). The van der Waals surface area contributed by atoms with Crippen molar-refractivity contribution in [2.24, 2.45) is 0 Å². The van der Waals surface area contributed by atoms with Gasteiger partial charge >= 0.3 is 0 Å². The molecule has 0 bridgehead atoms. The van der Waals surface area contributed by atoms with E-state index in [1.807, 2.05) is 12.2 Å². The molecule has 0 aliphatic heterocycles. The highest BCUT2D eigenvalue weighted by Gasteiger charge is 2.35. The number of hydrogen-bond acceptors (Lipinski definition) is 2. The van der Waals surface area contributed by atoms with Gasteiger partial charge in [0, 0.05) is 5.57 Å². The van der Waals surface area contributed by atoms with E-state index in [0.717, 1.165) is 12.0 Å². The van der Waals surface area contributed by atoms with Crippen LogP contribution >= 0.6 is 0 Å². The molecule has 0 radical (unpaired) electrons. The summed E-state index contributed by atoms with van der Waals surface area (Å²) in [7, 11) is 0. The molecule has 4 heteroatoms. The molecule has 1 aromatic heterocycles. The topological polar surface area (TPSA) is 42.0 Å². The number of anilines is 1. The smallest absolute Gasteiger partial charge is 0.256 e. The monoisotopic (exact) mass is 252 g/mol. The molecular formula is C15H9FN2O. The molecule has 0 aromatic carbocycles. The van der Waals surface area contributed by atoms with Gasteiger partial charge in [-0.15, -0.1) is 0 Å². The van der Waals surface area contributed by atoms with Crippen LogP contribution in [0, 0.1) is 5.95 Å². The Morgan fingerprint density at radius 3 is 2.95 bits per heavy atom. The summed E-state index contributed by atoms with van der Waals surface area (Å²) in [5, 5.41) is 2.72. The van der Waals surface area contributed by atoms with Crippen LogP contribution in [0.15, 0.2) is 64.4 Å². The summed E-state index contributed by atoms with van der Waals surface area (Å²) in [4.78, 5) is 15.7. The molecule has 1 N–H and O–H groups in total. The quantitative estimate of drug-likeness (QED) is 0.822. The molecule has 0 saturated heterocycles. The van der Waals surface area contributed by atoms with Crippen LogP contribution < -0.4 is 5.32 Å². The third kappa shape index (κ3) is 1.57. The number of hydrogen-bond donors (Lipinski definition) is 1. The van der Waals surface area contributed by atoms with Crippen LogP contribution in [0.3, 0.4) is 0 Å². The fourth-order valence-electron chi connectivity index (χ4n) is 2.48. The Labute approximate surface area is 108 Å². The van der Waals surface area contributed by atoms with Gasteiger partial charge < -0.3 is 5.32 Å². The Balaban J connectivity index is 1.61. The maximum Gasteiger partial charge on any atom is 0.256 e. The van der Waals surface area contributed by atoms with Gasteiger partial charge in [-0.1, -0.05) is 6.08 Å². The van der Waals surface area contributed by atoms with E-state index < -0.39 is 5.95 Å². The SMILES string of the molecule is O=C(Nc1ccc(F)nc1)C1=C2C=C3CC3=C2C=C1. The molecule has 1 amide bonds. The number of aromatic nitrogens is 1. The molecular weight excluding hydrogens is 243 g/mol. The van der Waals surface area contributed by atoms with Gasteiger partial charge in [0.1, 0.15) is 0 Å². The van der Waals surface area contributed by atoms with E-state index in [0.29, 0.717) is 11.3 Å². The first kappa shape index (κ1) is 10.4.